The molecule has 0 aromatic carbocycles. The molecule has 0 fully saturated rings. The molecule has 0 aliphatic rings. The van der Waals surface area contributed by atoms with Crippen LogP contribution in [0.15, 0.2) is 0 Å². The maximum atomic E-state index is 12.7. The van der Waals surface area contributed by atoms with Gasteiger partial charge in [-0.25, -0.2) is 0 Å². The molecule has 0 amide bonds. The quantitative estimate of drug-likeness (QED) is 0.159. The summed E-state index contributed by atoms with van der Waals surface area (Å²) in [6.45, 7) is 28.4. The predicted octanol–water partition coefficient (Wildman–Crippen LogP) is 6.97. The van der Waals surface area contributed by atoms with Crippen LogP contribution < -0.4 is 0 Å². The second-order valence-corrected chi connectivity index (χ2v) is 22.1. The number of hydrogen-bond donors (Lipinski definition) is 0. The number of carbonyl (C=O) groups is 2. The highest BCUT2D eigenvalue weighted by molar-refractivity contribution is 6.77. The van der Waals surface area contributed by atoms with Crippen molar-refractivity contribution in [3.63, 3.8) is 0 Å². The summed E-state index contributed by atoms with van der Waals surface area (Å²) in [7, 11) is -2.98. The van der Waals surface area contributed by atoms with Crippen LogP contribution in [-0.2, 0) is 23.2 Å². The Morgan fingerprint density at radius 3 is 1.62 bits per heavy atom. The minimum Gasteiger partial charge on any atom is -0.469 e. The molecule has 0 unspecified atom stereocenters. The van der Waals surface area contributed by atoms with E-state index in [-0.39, 0.29) is 29.1 Å². The fourth-order valence-electron chi connectivity index (χ4n) is 4.86. The molecule has 190 valence electrons. The van der Waals surface area contributed by atoms with E-state index >= 15 is 0 Å². The molecule has 0 saturated carbocycles. The third-order valence-corrected chi connectivity index (χ3v) is 18.4. The molecule has 0 aliphatic carbocycles. The molecule has 0 aromatic heterocycles. The Balaban J connectivity index is 6.45. The molecule has 0 aliphatic heterocycles. The summed E-state index contributed by atoms with van der Waals surface area (Å²) in [5.74, 6) is -0.861. The van der Waals surface area contributed by atoms with Gasteiger partial charge in [-0.15, -0.1) is 0 Å². The van der Waals surface area contributed by atoms with Crippen LogP contribution >= 0.6 is 0 Å². The standard InChI is InChI=1S/C25H52O5Si2/c1-17(2)32(18(3)4,19(5)6)30-23(21(8)24(27)28-12)20(7)22(15-16-26)29-31(13,14)25(9,10)11/h16-23H,15H2,1-14H3/t20-,21+,22-,23-/m1/s1. The Hall–Kier alpha value is -0.506. The summed E-state index contributed by atoms with van der Waals surface area (Å²) in [6.07, 6.45) is 0.549. The second kappa shape index (κ2) is 12.3. The molecular weight excluding hydrogens is 436 g/mol. The van der Waals surface area contributed by atoms with Crippen molar-refractivity contribution >= 4 is 28.9 Å². The molecule has 32 heavy (non-hydrogen) atoms. The van der Waals surface area contributed by atoms with Gasteiger partial charge in [0.05, 0.1) is 25.2 Å². The highest BCUT2D eigenvalue weighted by atomic mass is 28.4. The summed E-state index contributed by atoms with van der Waals surface area (Å²) in [4.78, 5) is 24.3. The third kappa shape index (κ3) is 7.24. The van der Waals surface area contributed by atoms with Crippen LogP contribution in [0.1, 0.15) is 82.6 Å². The van der Waals surface area contributed by atoms with E-state index in [1.165, 1.54) is 7.11 Å². The van der Waals surface area contributed by atoms with Crippen LogP contribution in [-0.4, -0.2) is 48.2 Å². The highest BCUT2D eigenvalue weighted by Crippen LogP contribution is 2.46. The predicted molar refractivity (Wildman–Crippen MR) is 139 cm³/mol. The van der Waals surface area contributed by atoms with E-state index in [1.54, 1.807) is 0 Å². The fraction of sp³-hybridized carbons (Fsp3) is 0.920. The lowest BCUT2D eigenvalue weighted by Crippen LogP contribution is -2.56. The Kier molecular flexibility index (Phi) is 12.1. The van der Waals surface area contributed by atoms with Crippen molar-refractivity contribution in [1.82, 2.24) is 0 Å². The Morgan fingerprint density at radius 1 is 0.875 bits per heavy atom. The Morgan fingerprint density at radius 2 is 1.31 bits per heavy atom. The van der Waals surface area contributed by atoms with Crippen LogP contribution in [0.3, 0.4) is 0 Å². The summed E-state index contributed by atoms with van der Waals surface area (Å²) >= 11 is 0. The van der Waals surface area contributed by atoms with Crippen LogP contribution in [0.5, 0.6) is 0 Å². The molecule has 0 aromatic rings. The minimum absolute atomic E-state index is 0.0183. The highest BCUT2D eigenvalue weighted by Gasteiger charge is 2.50. The summed E-state index contributed by atoms with van der Waals surface area (Å²) in [5.41, 5.74) is 1.15. The van der Waals surface area contributed by atoms with E-state index in [4.69, 9.17) is 13.6 Å². The van der Waals surface area contributed by atoms with Gasteiger partial charge in [0.15, 0.2) is 8.32 Å². The van der Waals surface area contributed by atoms with Crippen molar-refractivity contribution in [2.24, 2.45) is 11.8 Å². The first-order valence-electron chi connectivity index (χ1n) is 12.3. The van der Waals surface area contributed by atoms with E-state index < -0.39 is 22.6 Å². The molecule has 7 heteroatoms. The smallest absolute Gasteiger partial charge is 0.310 e. The molecule has 0 rings (SSSR count). The van der Waals surface area contributed by atoms with E-state index in [1.807, 2.05) is 6.92 Å². The number of ether oxygens (including phenoxy) is 1. The Labute approximate surface area is 200 Å². The molecule has 5 nitrogen and oxygen atoms in total. The lowest BCUT2D eigenvalue weighted by atomic mass is 9.88. The maximum absolute atomic E-state index is 12.7. The van der Waals surface area contributed by atoms with Gasteiger partial charge in [0.2, 0.25) is 8.32 Å². The van der Waals surface area contributed by atoms with E-state index in [0.717, 1.165) is 6.29 Å². The molecule has 0 N–H and O–H groups in total. The summed E-state index contributed by atoms with van der Waals surface area (Å²) < 4.78 is 19.0. The zero-order valence-electron chi connectivity index (χ0n) is 23.4. The second-order valence-electron chi connectivity index (χ2n) is 11.9. The normalized spacial score (nSPS) is 17.4. The lowest BCUT2D eigenvalue weighted by molar-refractivity contribution is -0.150. The first-order valence-corrected chi connectivity index (χ1v) is 17.3. The number of hydrogen-bond acceptors (Lipinski definition) is 5. The van der Waals surface area contributed by atoms with Crippen molar-refractivity contribution in [2.45, 2.75) is 130 Å². The van der Waals surface area contributed by atoms with Crippen molar-refractivity contribution in [1.29, 1.82) is 0 Å². The number of rotatable bonds is 13. The molecule has 0 heterocycles. The van der Waals surface area contributed by atoms with Crippen LogP contribution in [0.25, 0.3) is 0 Å². The van der Waals surface area contributed by atoms with Crippen molar-refractivity contribution in [2.75, 3.05) is 7.11 Å². The fourth-order valence-corrected chi connectivity index (χ4v) is 12.0. The molecule has 0 bridgehead atoms. The van der Waals surface area contributed by atoms with Crippen molar-refractivity contribution in [3.05, 3.63) is 0 Å². The van der Waals surface area contributed by atoms with Crippen molar-refractivity contribution in [3.8, 4) is 0 Å². The topological polar surface area (TPSA) is 61.8 Å². The molecule has 0 spiro atoms. The zero-order chi connectivity index (χ0) is 25.7. The maximum Gasteiger partial charge on any atom is 0.310 e. The third-order valence-electron chi connectivity index (χ3n) is 7.80. The van der Waals surface area contributed by atoms with Gasteiger partial charge in [0.25, 0.3) is 0 Å². The molecule has 0 saturated heterocycles. The van der Waals surface area contributed by atoms with Crippen LogP contribution in [0, 0.1) is 11.8 Å². The number of carbonyl (C=O) groups excluding carboxylic acids is 2. The van der Waals surface area contributed by atoms with Gasteiger partial charge in [-0.05, 0) is 41.7 Å². The summed E-state index contributed by atoms with van der Waals surface area (Å²) in [5, 5.41) is 0.0183. The number of aldehydes is 1. The zero-order valence-corrected chi connectivity index (χ0v) is 25.4. The van der Waals surface area contributed by atoms with E-state index in [0.29, 0.717) is 23.0 Å². The van der Waals surface area contributed by atoms with Crippen LogP contribution in [0.4, 0.5) is 0 Å². The van der Waals surface area contributed by atoms with Gasteiger partial charge < -0.3 is 18.4 Å². The first-order chi connectivity index (χ1) is 14.4. The minimum atomic E-state index is -2.28. The molecule has 0 radical (unpaired) electrons. The average molecular weight is 489 g/mol. The lowest BCUT2D eigenvalue weighted by Gasteiger charge is -2.48. The molecule has 4 atom stereocenters. The first kappa shape index (κ1) is 31.5. The molecular formula is C25H52O5Si2. The average Bonchev–Trinajstić information content (AvgIpc) is 2.64. The van der Waals surface area contributed by atoms with Crippen molar-refractivity contribution < 1.29 is 23.2 Å². The van der Waals surface area contributed by atoms with Gasteiger partial charge in [-0.1, -0.05) is 69.2 Å². The number of esters is 1. The van der Waals surface area contributed by atoms with Gasteiger partial charge in [0, 0.05) is 12.3 Å². The van der Waals surface area contributed by atoms with E-state index in [9.17, 15) is 9.59 Å². The van der Waals surface area contributed by atoms with Crippen LogP contribution in [0.2, 0.25) is 34.8 Å². The SMILES string of the molecule is COC(=O)[C@@H](C)[C@H](O[Si](C(C)C)(C(C)C)C(C)C)[C@H](C)[C@@H](CC=O)O[Si](C)(C)C(C)(C)C. The summed E-state index contributed by atoms with van der Waals surface area (Å²) in [6, 6.07) is 0. The Bertz CT molecular complexity index is 574. The van der Waals surface area contributed by atoms with Gasteiger partial charge >= 0.3 is 5.97 Å². The van der Waals surface area contributed by atoms with E-state index in [2.05, 4.69) is 82.3 Å². The van der Waals surface area contributed by atoms with Gasteiger partial charge in [0.1, 0.15) is 6.29 Å². The van der Waals surface area contributed by atoms with Gasteiger partial charge in [-0.3, -0.25) is 4.79 Å². The monoisotopic (exact) mass is 488 g/mol. The number of methoxy groups -OCH3 is 1. The van der Waals surface area contributed by atoms with Gasteiger partial charge in [-0.2, -0.15) is 0 Å². The largest absolute Gasteiger partial charge is 0.469 e.